The molecule has 2 unspecified atom stereocenters. The first-order chi connectivity index (χ1) is 8.19. The molecule has 0 aliphatic heterocycles. The smallest absolute Gasteiger partial charge is 0.227 e. The van der Waals surface area contributed by atoms with Gasteiger partial charge in [0, 0.05) is 12.6 Å². The van der Waals surface area contributed by atoms with E-state index in [1.807, 2.05) is 37.3 Å². The molecule has 1 rings (SSSR count). The van der Waals surface area contributed by atoms with E-state index in [1.54, 1.807) is 0 Å². The number of carbonyl (C=O) groups excluding carboxylic acids is 1. The standard InChI is InChI=1S/C14H22N2O/c1-3-7-13(10-15)16-14(17)11(2)12-8-5-4-6-9-12/h4-6,8-9,11,13H,3,7,10,15H2,1-2H3,(H,16,17). The van der Waals surface area contributed by atoms with Gasteiger partial charge in [0.15, 0.2) is 0 Å². The van der Waals surface area contributed by atoms with Gasteiger partial charge in [-0.3, -0.25) is 4.79 Å². The molecule has 0 saturated carbocycles. The number of nitrogens with two attached hydrogens (primary N) is 1. The minimum atomic E-state index is -0.123. The average Bonchev–Trinajstić information content (AvgIpc) is 2.38. The van der Waals surface area contributed by atoms with E-state index in [4.69, 9.17) is 5.73 Å². The molecule has 3 N–H and O–H groups in total. The van der Waals surface area contributed by atoms with Crippen molar-refractivity contribution in [2.75, 3.05) is 6.54 Å². The summed E-state index contributed by atoms with van der Waals surface area (Å²) in [5.41, 5.74) is 6.67. The lowest BCUT2D eigenvalue weighted by Gasteiger charge is -2.19. The summed E-state index contributed by atoms with van der Waals surface area (Å²) in [5, 5.41) is 3.00. The summed E-state index contributed by atoms with van der Waals surface area (Å²) >= 11 is 0. The fraction of sp³-hybridized carbons (Fsp3) is 0.500. The first-order valence-corrected chi connectivity index (χ1v) is 6.24. The van der Waals surface area contributed by atoms with Crippen LogP contribution in [0.15, 0.2) is 30.3 Å². The minimum Gasteiger partial charge on any atom is -0.352 e. The van der Waals surface area contributed by atoms with Crippen molar-refractivity contribution in [3.05, 3.63) is 35.9 Å². The SMILES string of the molecule is CCCC(CN)NC(=O)C(C)c1ccccc1. The lowest BCUT2D eigenvalue weighted by Crippen LogP contribution is -2.41. The Bertz CT molecular complexity index is 337. The van der Waals surface area contributed by atoms with Crippen molar-refractivity contribution >= 4 is 5.91 Å². The van der Waals surface area contributed by atoms with Crippen LogP contribution in [0, 0.1) is 0 Å². The van der Waals surface area contributed by atoms with Crippen LogP contribution in [0.3, 0.4) is 0 Å². The van der Waals surface area contributed by atoms with E-state index in [9.17, 15) is 4.79 Å². The van der Waals surface area contributed by atoms with E-state index in [1.165, 1.54) is 0 Å². The molecule has 17 heavy (non-hydrogen) atoms. The zero-order chi connectivity index (χ0) is 12.7. The van der Waals surface area contributed by atoms with E-state index in [0.29, 0.717) is 6.54 Å². The molecule has 3 heteroatoms. The Balaban J connectivity index is 2.58. The van der Waals surface area contributed by atoms with E-state index >= 15 is 0 Å². The predicted molar refractivity (Wildman–Crippen MR) is 70.8 cm³/mol. The van der Waals surface area contributed by atoms with Crippen molar-refractivity contribution in [1.82, 2.24) is 5.32 Å². The minimum absolute atomic E-state index is 0.0556. The summed E-state index contributed by atoms with van der Waals surface area (Å²) in [6, 6.07) is 9.90. The first-order valence-electron chi connectivity index (χ1n) is 6.24. The maximum Gasteiger partial charge on any atom is 0.227 e. The van der Waals surface area contributed by atoms with Gasteiger partial charge in [-0.15, -0.1) is 0 Å². The summed E-state index contributed by atoms with van der Waals surface area (Å²) in [6.07, 6.45) is 1.96. The summed E-state index contributed by atoms with van der Waals surface area (Å²) in [5.74, 6) is -0.0674. The van der Waals surface area contributed by atoms with Crippen LogP contribution < -0.4 is 11.1 Å². The lowest BCUT2D eigenvalue weighted by molar-refractivity contribution is -0.122. The zero-order valence-corrected chi connectivity index (χ0v) is 10.6. The number of carbonyl (C=O) groups is 1. The largest absolute Gasteiger partial charge is 0.352 e. The van der Waals surface area contributed by atoms with Gasteiger partial charge in [0.05, 0.1) is 5.92 Å². The normalized spacial score (nSPS) is 14.1. The number of rotatable bonds is 6. The zero-order valence-electron chi connectivity index (χ0n) is 10.6. The van der Waals surface area contributed by atoms with Crippen molar-refractivity contribution in [2.24, 2.45) is 5.73 Å². The summed E-state index contributed by atoms with van der Waals surface area (Å²) in [4.78, 5) is 12.0. The van der Waals surface area contributed by atoms with Crippen molar-refractivity contribution in [1.29, 1.82) is 0 Å². The van der Waals surface area contributed by atoms with Crippen LogP contribution in [0.25, 0.3) is 0 Å². The number of hydrogen-bond acceptors (Lipinski definition) is 2. The van der Waals surface area contributed by atoms with Gasteiger partial charge in [0.1, 0.15) is 0 Å². The molecule has 0 heterocycles. The van der Waals surface area contributed by atoms with Gasteiger partial charge in [-0.25, -0.2) is 0 Å². The van der Waals surface area contributed by atoms with Crippen LogP contribution in [-0.2, 0) is 4.79 Å². The topological polar surface area (TPSA) is 55.1 Å². The van der Waals surface area contributed by atoms with E-state index in [-0.39, 0.29) is 17.9 Å². The summed E-state index contributed by atoms with van der Waals surface area (Å²) in [6.45, 7) is 4.51. The van der Waals surface area contributed by atoms with Gasteiger partial charge in [0.2, 0.25) is 5.91 Å². The number of amides is 1. The average molecular weight is 234 g/mol. The highest BCUT2D eigenvalue weighted by Crippen LogP contribution is 2.14. The third-order valence-electron chi connectivity index (χ3n) is 2.96. The molecule has 0 saturated heterocycles. The Morgan fingerprint density at radius 2 is 2.00 bits per heavy atom. The first kappa shape index (κ1) is 13.7. The molecule has 2 atom stereocenters. The number of benzene rings is 1. The van der Waals surface area contributed by atoms with E-state index in [0.717, 1.165) is 18.4 Å². The van der Waals surface area contributed by atoms with Crippen molar-refractivity contribution in [2.45, 2.75) is 38.6 Å². The quantitative estimate of drug-likeness (QED) is 0.791. The number of hydrogen-bond donors (Lipinski definition) is 2. The highest BCUT2D eigenvalue weighted by atomic mass is 16.1. The van der Waals surface area contributed by atoms with Gasteiger partial charge in [0.25, 0.3) is 0 Å². The Labute approximate surface area is 103 Å². The van der Waals surface area contributed by atoms with Crippen molar-refractivity contribution in [3.8, 4) is 0 Å². The monoisotopic (exact) mass is 234 g/mol. The summed E-state index contributed by atoms with van der Waals surface area (Å²) < 4.78 is 0. The third-order valence-corrected chi connectivity index (χ3v) is 2.96. The van der Waals surface area contributed by atoms with Gasteiger partial charge >= 0.3 is 0 Å². The number of nitrogens with one attached hydrogen (secondary N) is 1. The molecular weight excluding hydrogens is 212 g/mol. The molecule has 0 aliphatic rings. The molecule has 0 fully saturated rings. The Morgan fingerprint density at radius 3 is 2.53 bits per heavy atom. The molecule has 0 radical (unpaired) electrons. The fourth-order valence-electron chi connectivity index (χ4n) is 1.82. The molecule has 0 aromatic heterocycles. The van der Waals surface area contributed by atoms with Crippen LogP contribution in [0.1, 0.15) is 38.2 Å². The highest BCUT2D eigenvalue weighted by molar-refractivity contribution is 5.83. The maximum atomic E-state index is 12.0. The van der Waals surface area contributed by atoms with Crippen LogP contribution in [0.5, 0.6) is 0 Å². The van der Waals surface area contributed by atoms with Gasteiger partial charge in [-0.2, -0.15) is 0 Å². The van der Waals surface area contributed by atoms with Gasteiger partial charge in [-0.1, -0.05) is 43.7 Å². The highest BCUT2D eigenvalue weighted by Gasteiger charge is 2.17. The molecule has 94 valence electrons. The second-order valence-electron chi connectivity index (χ2n) is 4.36. The predicted octanol–water partition coefficient (Wildman–Crippen LogP) is 2.03. The van der Waals surface area contributed by atoms with Crippen molar-refractivity contribution < 1.29 is 4.79 Å². The second kappa shape index (κ2) is 7.07. The van der Waals surface area contributed by atoms with Crippen LogP contribution >= 0.6 is 0 Å². The molecule has 0 bridgehead atoms. The summed E-state index contributed by atoms with van der Waals surface area (Å²) in [7, 11) is 0. The van der Waals surface area contributed by atoms with Gasteiger partial charge in [-0.05, 0) is 18.9 Å². The molecule has 1 aromatic rings. The third kappa shape index (κ3) is 4.19. The van der Waals surface area contributed by atoms with Crippen LogP contribution in [0.2, 0.25) is 0 Å². The molecule has 0 aliphatic carbocycles. The lowest BCUT2D eigenvalue weighted by atomic mass is 10.00. The maximum absolute atomic E-state index is 12.0. The molecule has 1 aromatic carbocycles. The second-order valence-corrected chi connectivity index (χ2v) is 4.36. The fourth-order valence-corrected chi connectivity index (χ4v) is 1.82. The Kier molecular flexibility index (Phi) is 5.70. The Hall–Kier alpha value is -1.35. The molecule has 3 nitrogen and oxygen atoms in total. The molecule has 1 amide bonds. The molecule has 0 spiro atoms. The Morgan fingerprint density at radius 1 is 1.35 bits per heavy atom. The van der Waals surface area contributed by atoms with Crippen LogP contribution in [-0.4, -0.2) is 18.5 Å². The van der Waals surface area contributed by atoms with Crippen molar-refractivity contribution in [3.63, 3.8) is 0 Å². The molecular formula is C14H22N2O. The van der Waals surface area contributed by atoms with E-state index in [2.05, 4.69) is 12.2 Å². The van der Waals surface area contributed by atoms with Gasteiger partial charge < -0.3 is 11.1 Å². The van der Waals surface area contributed by atoms with E-state index < -0.39 is 0 Å². The van der Waals surface area contributed by atoms with Crippen LogP contribution in [0.4, 0.5) is 0 Å².